The van der Waals surface area contributed by atoms with Gasteiger partial charge in [0, 0.05) is 72.3 Å². The Labute approximate surface area is 595 Å². The normalized spacial score (nSPS) is 14.4. The average molecular weight is 1360 g/mol. The largest absolute Gasteiger partial charge is 0.478 e. The van der Waals surface area contributed by atoms with Crippen molar-refractivity contribution in [3.05, 3.63) is 218 Å². The van der Waals surface area contributed by atoms with Crippen molar-refractivity contribution in [2.45, 2.75) is 214 Å². The lowest BCUT2D eigenvalue weighted by atomic mass is 9.81. The van der Waals surface area contributed by atoms with Gasteiger partial charge in [0.2, 0.25) is 0 Å². The van der Waals surface area contributed by atoms with Crippen LogP contribution < -0.4 is 4.90 Å². The van der Waals surface area contributed by atoms with Gasteiger partial charge in [-0.3, -0.25) is 4.99 Å². The second kappa shape index (κ2) is 29.3. The molecule has 0 fully saturated rings. The van der Waals surface area contributed by atoms with Crippen LogP contribution in [0.15, 0.2) is 163 Å². The predicted molar refractivity (Wildman–Crippen MR) is 423 cm³/mol. The maximum atomic E-state index is 12.0. The molecule has 0 radical (unpaired) electrons. The van der Waals surface area contributed by atoms with Crippen LogP contribution >= 0.6 is 45.3 Å². The maximum absolute atomic E-state index is 12.0. The molecule has 0 amide bonds. The molecule has 10 aromatic rings. The molecule has 13 rings (SSSR count). The Morgan fingerprint density at radius 3 is 1.41 bits per heavy atom. The standard InChI is InChI=1S/C89H98N2O2S4/c1-11-15-19-23-31-59-51-67(46-50-81-89(9,10)76-52-63(86(92)93)41-49-77(76)90-81)94-83(59)78-54-61(33-25-21-17-13-3)85(96-78)80-55-62(34-26-22-18-14-4)84(97-80)79-53-60(32-24-20-16-12-2)82(95-79)58-39-42-64(43-40-58)91(65-45-48-74-71(56-65)69-36-28-30-38-73(69)87(74,5)6)66-44-47-70-68-35-27-29-37-72(68)88(7,8)75(70)57-66/h27-30,35-57H,11-26,31-34H2,1-10H3,(H,92,93)/b50-46+. The van der Waals surface area contributed by atoms with Gasteiger partial charge in [-0.1, -0.05) is 219 Å². The minimum Gasteiger partial charge on any atom is -0.478 e. The first kappa shape index (κ1) is 68.3. The van der Waals surface area contributed by atoms with Crippen molar-refractivity contribution in [2.24, 2.45) is 4.99 Å². The zero-order valence-electron chi connectivity index (χ0n) is 59.1. The molecule has 3 aliphatic rings. The van der Waals surface area contributed by atoms with Crippen LogP contribution in [-0.2, 0) is 41.9 Å². The summed E-state index contributed by atoms with van der Waals surface area (Å²) in [5.41, 5.74) is 24.1. The van der Waals surface area contributed by atoms with E-state index in [-0.39, 0.29) is 10.8 Å². The van der Waals surface area contributed by atoms with Crippen LogP contribution in [0, 0.1) is 0 Å². The number of hydrogen-bond acceptors (Lipinski definition) is 7. The molecule has 4 aromatic heterocycles. The number of fused-ring (bicyclic) bond motifs is 7. The molecule has 1 aliphatic heterocycles. The van der Waals surface area contributed by atoms with Gasteiger partial charge in [0.1, 0.15) is 0 Å². The number of aromatic carboxylic acids is 1. The molecule has 97 heavy (non-hydrogen) atoms. The molecule has 500 valence electrons. The number of anilines is 3. The number of hydrogen-bond donors (Lipinski definition) is 1. The monoisotopic (exact) mass is 1350 g/mol. The summed E-state index contributed by atoms with van der Waals surface area (Å²) in [6.45, 7) is 23.2. The molecule has 0 saturated heterocycles. The summed E-state index contributed by atoms with van der Waals surface area (Å²) in [6.07, 6.45) is 28.5. The van der Waals surface area contributed by atoms with Crippen molar-refractivity contribution in [1.29, 1.82) is 0 Å². The number of carboxylic acids is 1. The van der Waals surface area contributed by atoms with Gasteiger partial charge in [0.05, 0.1) is 17.0 Å². The maximum Gasteiger partial charge on any atom is 0.335 e. The number of carbonyl (C=O) groups is 1. The van der Waals surface area contributed by atoms with E-state index >= 15 is 0 Å². The molecule has 0 spiro atoms. The lowest BCUT2D eigenvalue weighted by molar-refractivity contribution is 0.0696. The highest BCUT2D eigenvalue weighted by atomic mass is 32.1. The average Bonchev–Trinajstić information content (AvgIpc) is 1.59. The highest BCUT2D eigenvalue weighted by Crippen LogP contribution is 2.55. The van der Waals surface area contributed by atoms with Gasteiger partial charge < -0.3 is 10.0 Å². The topological polar surface area (TPSA) is 52.9 Å². The van der Waals surface area contributed by atoms with Crippen LogP contribution in [0.2, 0.25) is 0 Å². The molecule has 2 aliphatic carbocycles. The number of benzene rings is 6. The number of aliphatic imine (C=N–C) groups is 1. The second-order valence-electron chi connectivity index (χ2n) is 29.3. The Kier molecular flexibility index (Phi) is 20.7. The van der Waals surface area contributed by atoms with Crippen LogP contribution in [0.3, 0.4) is 0 Å². The summed E-state index contributed by atoms with van der Waals surface area (Å²) in [5.74, 6) is -0.908. The summed E-state index contributed by atoms with van der Waals surface area (Å²) < 4.78 is 0. The van der Waals surface area contributed by atoms with Crippen molar-refractivity contribution >= 4 is 85.9 Å². The first-order chi connectivity index (χ1) is 47.0. The number of carboxylic acid groups (broad SMARTS) is 1. The Bertz CT molecular complexity index is 4550. The smallest absolute Gasteiger partial charge is 0.335 e. The minimum absolute atomic E-state index is 0.0781. The Hall–Kier alpha value is -7.20. The molecule has 4 nitrogen and oxygen atoms in total. The number of thiophene rings is 4. The fourth-order valence-corrected chi connectivity index (χ4v) is 20.9. The van der Waals surface area contributed by atoms with Crippen molar-refractivity contribution in [1.82, 2.24) is 0 Å². The van der Waals surface area contributed by atoms with Crippen molar-refractivity contribution in [3.8, 4) is 62.0 Å². The summed E-state index contributed by atoms with van der Waals surface area (Å²) in [5, 5.41) is 9.85. The van der Waals surface area contributed by atoms with E-state index in [1.54, 1.807) is 6.07 Å². The van der Waals surface area contributed by atoms with Crippen molar-refractivity contribution < 1.29 is 9.90 Å². The zero-order chi connectivity index (χ0) is 67.6. The third kappa shape index (κ3) is 13.7. The lowest BCUT2D eigenvalue weighted by Crippen LogP contribution is -2.24. The number of rotatable bonds is 30. The van der Waals surface area contributed by atoms with Gasteiger partial charge >= 0.3 is 5.97 Å². The highest BCUT2D eigenvalue weighted by Gasteiger charge is 2.39. The van der Waals surface area contributed by atoms with E-state index in [2.05, 4.69) is 231 Å². The number of allylic oxidation sites excluding steroid dienone is 1. The van der Waals surface area contributed by atoms with Crippen LogP contribution in [0.1, 0.15) is 237 Å². The SMILES string of the molecule is CCCCCCc1cc(-c2sc(-c3sc(-c4sc(/C=C/C5=Nc6ccc(C(=O)O)cc6C5(C)C)cc4CCCCCC)cc3CCCCCC)cc2CCCCCC)sc1-c1ccc(N(c2ccc3c(c2)-c2ccccc2C3(C)C)c2ccc3c(c2)C(C)(C)c2ccccc2-3)cc1. The van der Waals surface area contributed by atoms with E-state index in [0.29, 0.717) is 5.56 Å². The molecule has 0 saturated carbocycles. The third-order valence-electron chi connectivity index (χ3n) is 21.4. The Balaban J connectivity index is 0.879. The van der Waals surface area contributed by atoms with Gasteiger partial charge in [-0.05, 0) is 220 Å². The molecule has 5 heterocycles. The van der Waals surface area contributed by atoms with Crippen LogP contribution in [0.25, 0.3) is 68.0 Å². The van der Waals surface area contributed by atoms with E-state index in [9.17, 15) is 9.90 Å². The van der Waals surface area contributed by atoms with Crippen LogP contribution in [0.4, 0.5) is 22.7 Å². The second-order valence-corrected chi connectivity index (χ2v) is 33.6. The van der Waals surface area contributed by atoms with E-state index in [0.717, 1.165) is 48.3 Å². The first-order valence-corrected chi connectivity index (χ1v) is 39.8. The molecule has 6 aromatic carbocycles. The molecular formula is C89H98N2O2S4. The Morgan fingerprint density at radius 1 is 0.402 bits per heavy atom. The fourth-order valence-electron chi connectivity index (χ4n) is 15.7. The van der Waals surface area contributed by atoms with Gasteiger partial charge in [0.15, 0.2) is 0 Å². The summed E-state index contributed by atoms with van der Waals surface area (Å²) in [6, 6.07) is 57.8. The van der Waals surface area contributed by atoms with E-state index in [1.807, 2.05) is 46.1 Å². The van der Waals surface area contributed by atoms with E-state index in [1.165, 1.54) is 225 Å². The predicted octanol–water partition coefficient (Wildman–Crippen LogP) is 27.9. The fraction of sp³-hybridized carbons (Fsp3) is 0.371. The van der Waals surface area contributed by atoms with E-state index < -0.39 is 11.4 Å². The quantitative estimate of drug-likeness (QED) is 0.0457. The molecule has 1 N–H and O–H groups in total. The number of aryl methyl sites for hydroxylation is 4. The minimum atomic E-state index is -0.908. The molecular weight excluding hydrogens is 1260 g/mol. The molecule has 0 atom stereocenters. The molecule has 8 heteroatoms. The van der Waals surface area contributed by atoms with Crippen molar-refractivity contribution in [3.63, 3.8) is 0 Å². The molecule has 0 unspecified atom stereocenters. The lowest BCUT2D eigenvalue weighted by Gasteiger charge is -2.29. The van der Waals surface area contributed by atoms with E-state index in [4.69, 9.17) is 4.99 Å². The van der Waals surface area contributed by atoms with Crippen LogP contribution in [-0.4, -0.2) is 16.8 Å². The molecule has 0 bridgehead atoms. The zero-order valence-corrected chi connectivity index (χ0v) is 62.4. The van der Waals surface area contributed by atoms with Crippen LogP contribution in [0.5, 0.6) is 0 Å². The Morgan fingerprint density at radius 2 is 0.856 bits per heavy atom. The van der Waals surface area contributed by atoms with Gasteiger partial charge in [-0.2, -0.15) is 0 Å². The summed E-state index contributed by atoms with van der Waals surface area (Å²) >= 11 is 8.06. The third-order valence-corrected chi connectivity index (χ3v) is 26.6. The van der Waals surface area contributed by atoms with Gasteiger partial charge in [0.25, 0.3) is 0 Å². The van der Waals surface area contributed by atoms with Crippen molar-refractivity contribution in [2.75, 3.05) is 4.90 Å². The number of unbranched alkanes of at least 4 members (excludes halogenated alkanes) is 12. The highest BCUT2D eigenvalue weighted by molar-refractivity contribution is 7.29. The first-order valence-electron chi connectivity index (χ1n) is 36.6. The van der Waals surface area contributed by atoms with Gasteiger partial charge in [-0.25, -0.2) is 4.79 Å². The summed E-state index contributed by atoms with van der Waals surface area (Å²) in [4.78, 5) is 30.8. The summed E-state index contributed by atoms with van der Waals surface area (Å²) in [7, 11) is 0. The van der Waals surface area contributed by atoms with Gasteiger partial charge in [-0.15, -0.1) is 45.3 Å². The number of nitrogens with zero attached hydrogens (tertiary/aromatic N) is 2.